The molecular weight excluding hydrogens is 264 g/mol. The number of hydrogen-bond donors (Lipinski definition) is 5. The SMILES string of the molecule is NNc1cc(NN)nc(Nc2ccc([N+](=O)[O-])cc2)n1. The zero-order valence-corrected chi connectivity index (χ0v) is 10.2. The average Bonchev–Trinajstić information content (AvgIpc) is 2.47. The number of nitro benzene ring substituents is 1. The van der Waals surface area contributed by atoms with Crippen molar-refractivity contribution in [2.24, 2.45) is 11.7 Å². The molecule has 20 heavy (non-hydrogen) atoms. The average molecular weight is 276 g/mol. The first-order valence-corrected chi connectivity index (χ1v) is 5.46. The molecule has 0 aliphatic heterocycles. The lowest BCUT2D eigenvalue weighted by Gasteiger charge is -2.08. The van der Waals surface area contributed by atoms with Gasteiger partial charge in [0.05, 0.1) is 4.92 Å². The lowest BCUT2D eigenvalue weighted by Crippen LogP contribution is -2.14. The zero-order valence-electron chi connectivity index (χ0n) is 10.2. The molecule has 0 unspecified atom stereocenters. The van der Waals surface area contributed by atoms with Gasteiger partial charge in [-0.15, -0.1) is 0 Å². The summed E-state index contributed by atoms with van der Waals surface area (Å²) in [6, 6.07) is 7.34. The number of nitrogens with one attached hydrogen (secondary N) is 3. The van der Waals surface area contributed by atoms with Crippen LogP contribution in [0.1, 0.15) is 0 Å². The van der Waals surface area contributed by atoms with Gasteiger partial charge < -0.3 is 16.2 Å². The first-order valence-electron chi connectivity index (χ1n) is 5.46. The lowest BCUT2D eigenvalue weighted by molar-refractivity contribution is -0.384. The maximum Gasteiger partial charge on any atom is 0.269 e. The molecule has 2 rings (SSSR count). The third-order valence-electron chi connectivity index (χ3n) is 2.36. The highest BCUT2D eigenvalue weighted by molar-refractivity contribution is 5.59. The summed E-state index contributed by atoms with van der Waals surface area (Å²) in [7, 11) is 0. The van der Waals surface area contributed by atoms with Crippen LogP contribution in [-0.4, -0.2) is 14.9 Å². The molecule has 0 amide bonds. The van der Waals surface area contributed by atoms with E-state index >= 15 is 0 Å². The summed E-state index contributed by atoms with van der Waals surface area (Å²) in [5.41, 5.74) is 5.34. The summed E-state index contributed by atoms with van der Waals surface area (Å²) in [4.78, 5) is 18.2. The standard InChI is InChI=1S/C10H12N8O2/c11-16-8-5-9(17-12)15-10(14-8)13-6-1-3-7(4-2-6)18(19)20/h1-5H,11-12H2,(H3,13,14,15,16,17). The molecule has 0 radical (unpaired) electrons. The molecule has 0 atom stereocenters. The number of benzene rings is 1. The number of aromatic nitrogens is 2. The van der Waals surface area contributed by atoms with Gasteiger partial charge in [0.15, 0.2) is 0 Å². The summed E-state index contributed by atoms with van der Waals surface area (Å²) in [6.45, 7) is 0. The van der Waals surface area contributed by atoms with Crippen molar-refractivity contribution in [3.8, 4) is 0 Å². The molecule has 7 N–H and O–H groups in total. The Kier molecular flexibility index (Phi) is 3.88. The van der Waals surface area contributed by atoms with Gasteiger partial charge in [0.25, 0.3) is 5.69 Å². The van der Waals surface area contributed by atoms with E-state index < -0.39 is 4.92 Å². The minimum atomic E-state index is -0.476. The highest BCUT2D eigenvalue weighted by Gasteiger charge is 2.06. The van der Waals surface area contributed by atoms with Crippen LogP contribution in [0.3, 0.4) is 0 Å². The van der Waals surface area contributed by atoms with Crippen LogP contribution in [0.2, 0.25) is 0 Å². The van der Waals surface area contributed by atoms with Gasteiger partial charge in [0, 0.05) is 23.9 Å². The third kappa shape index (κ3) is 3.07. The summed E-state index contributed by atoms with van der Waals surface area (Å²) in [6.07, 6.45) is 0. The smallest absolute Gasteiger partial charge is 0.269 e. The predicted octanol–water partition coefficient (Wildman–Crippen LogP) is 0.700. The van der Waals surface area contributed by atoms with Crippen molar-refractivity contribution in [1.29, 1.82) is 0 Å². The lowest BCUT2D eigenvalue weighted by atomic mass is 10.3. The van der Waals surface area contributed by atoms with Crippen LogP contribution < -0.4 is 27.9 Å². The zero-order chi connectivity index (χ0) is 14.5. The Balaban J connectivity index is 2.22. The van der Waals surface area contributed by atoms with E-state index in [4.69, 9.17) is 11.7 Å². The molecule has 1 heterocycles. The Morgan fingerprint density at radius 2 is 1.60 bits per heavy atom. The van der Waals surface area contributed by atoms with Gasteiger partial charge in [0.2, 0.25) is 5.95 Å². The number of rotatable bonds is 5. The van der Waals surface area contributed by atoms with E-state index in [9.17, 15) is 10.1 Å². The van der Waals surface area contributed by atoms with Gasteiger partial charge in [0.1, 0.15) is 11.6 Å². The monoisotopic (exact) mass is 276 g/mol. The van der Waals surface area contributed by atoms with Gasteiger partial charge in [-0.05, 0) is 12.1 Å². The van der Waals surface area contributed by atoms with Crippen molar-refractivity contribution in [3.63, 3.8) is 0 Å². The fourth-order valence-electron chi connectivity index (χ4n) is 1.45. The summed E-state index contributed by atoms with van der Waals surface area (Å²) >= 11 is 0. The predicted molar refractivity (Wildman–Crippen MR) is 74.0 cm³/mol. The molecule has 0 bridgehead atoms. The number of hydrogen-bond acceptors (Lipinski definition) is 9. The van der Waals surface area contributed by atoms with Crippen LogP contribution >= 0.6 is 0 Å². The first kappa shape index (κ1) is 13.5. The van der Waals surface area contributed by atoms with E-state index in [1.165, 1.54) is 18.2 Å². The Labute approximate surface area is 113 Å². The van der Waals surface area contributed by atoms with E-state index in [0.29, 0.717) is 17.3 Å². The van der Waals surface area contributed by atoms with Gasteiger partial charge >= 0.3 is 0 Å². The summed E-state index contributed by atoms with van der Waals surface area (Å²) in [5.74, 6) is 11.5. The molecule has 10 nitrogen and oxygen atoms in total. The molecular formula is C10H12N8O2. The number of nitrogen functional groups attached to an aromatic ring is 2. The van der Waals surface area contributed by atoms with Crippen molar-refractivity contribution < 1.29 is 4.92 Å². The highest BCUT2D eigenvalue weighted by atomic mass is 16.6. The largest absolute Gasteiger partial charge is 0.324 e. The Morgan fingerprint density at radius 1 is 1.05 bits per heavy atom. The molecule has 0 aliphatic rings. The Bertz CT molecular complexity index is 593. The van der Waals surface area contributed by atoms with E-state index in [1.54, 1.807) is 12.1 Å². The molecule has 0 fully saturated rings. The molecule has 0 saturated heterocycles. The first-order chi connectivity index (χ1) is 9.62. The van der Waals surface area contributed by atoms with Crippen molar-refractivity contribution >= 4 is 29.0 Å². The maximum absolute atomic E-state index is 10.6. The fraction of sp³-hybridized carbons (Fsp3) is 0. The fourth-order valence-corrected chi connectivity index (χ4v) is 1.45. The number of anilines is 4. The molecule has 0 saturated carbocycles. The van der Waals surface area contributed by atoms with Crippen LogP contribution in [0, 0.1) is 10.1 Å². The summed E-state index contributed by atoms with van der Waals surface area (Å²) < 4.78 is 0. The normalized spacial score (nSPS) is 9.90. The number of hydrazine groups is 2. The highest BCUT2D eigenvalue weighted by Crippen LogP contribution is 2.20. The van der Waals surface area contributed by atoms with Gasteiger partial charge in [-0.1, -0.05) is 0 Å². The van der Waals surface area contributed by atoms with Crippen LogP contribution in [0.4, 0.5) is 29.0 Å². The molecule has 1 aromatic heterocycles. The van der Waals surface area contributed by atoms with Gasteiger partial charge in [-0.2, -0.15) is 9.97 Å². The number of non-ortho nitro benzene ring substituents is 1. The molecule has 2 aromatic rings. The van der Waals surface area contributed by atoms with E-state index in [2.05, 4.69) is 26.1 Å². The van der Waals surface area contributed by atoms with Crippen molar-refractivity contribution in [1.82, 2.24) is 9.97 Å². The van der Waals surface area contributed by atoms with E-state index in [1.807, 2.05) is 0 Å². The molecule has 0 aliphatic carbocycles. The molecule has 104 valence electrons. The second-order valence-corrected chi connectivity index (χ2v) is 3.68. The maximum atomic E-state index is 10.6. The second-order valence-electron chi connectivity index (χ2n) is 3.68. The van der Waals surface area contributed by atoms with Crippen molar-refractivity contribution in [2.45, 2.75) is 0 Å². The topological polar surface area (TPSA) is 157 Å². The van der Waals surface area contributed by atoms with Crippen LogP contribution in [0.15, 0.2) is 30.3 Å². The third-order valence-corrected chi connectivity index (χ3v) is 2.36. The van der Waals surface area contributed by atoms with Crippen molar-refractivity contribution in [2.75, 3.05) is 16.2 Å². The van der Waals surface area contributed by atoms with Gasteiger partial charge in [-0.25, -0.2) is 11.7 Å². The van der Waals surface area contributed by atoms with E-state index in [-0.39, 0.29) is 11.6 Å². The molecule has 1 aromatic carbocycles. The van der Waals surface area contributed by atoms with E-state index in [0.717, 1.165) is 0 Å². The Morgan fingerprint density at radius 3 is 2.05 bits per heavy atom. The second kappa shape index (κ2) is 5.77. The quantitative estimate of drug-likeness (QED) is 0.301. The summed E-state index contributed by atoms with van der Waals surface area (Å²) in [5, 5.41) is 13.4. The van der Waals surface area contributed by atoms with Crippen LogP contribution in [0.25, 0.3) is 0 Å². The number of nitro groups is 1. The van der Waals surface area contributed by atoms with Crippen molar-refractivity contribution in [3.05, 3.63) is 40.4 Å². The minimum Gasteiger partial charge on any atom is -0.324 e. The Hall–Kier alpha value is -2.98. The molecule has 0 spiro atoms. The number of nitrogens with two attached hydrogens (primary N) is 2. The molecule has 10 heteroatoms. The minimum absolute atomic E-state index is 0.00171. The van der Waals surface area contributed by atoms with Crippen LogP contribution in [0.5, 0.6) is 0 Å². The number of nitrogens with zero attached hydrogens (tertiary/aromatic N) is 3. The van der Waals surface area contributed by atoms with Crippen LogP contribution in [-0.2, 0) is 0 Å². The van der Waals surface area contributed by atoms with Gasteiger partial charge in [-0.3, -0.25) is 10.1 Å².